The predicted octanol–water partition coefficient (Wildman–Crippen LogP) is 4.71. The van der Waals surface area contributed by atoms with Crippen LogP contribution >= 0.6 is 0 Å². The summed E-state index contributed by atoms with van der Waals surface area (Å²) in [6, 6.07) is 5.40. The molecule has 0 bridgehead atoms. The van der Waals surface area contributed by atoms with E-state index in [1.54, 1.807) is 6.07 Å². The van der Waals surface area contributed by atoms with Crippen molar-refractivity contribution in [1.82, 2.24) is 14.6 Å². The number of aromatic nitrogens is 3. The molecule has 4 rings (SSSR count). The first kappa shape index (κ1) is 21.5. The van der Waals surface area contributed by atoms with Crippen LogP contribution in [0, 0.1) is 13.8 Å². The summed E-state index contributed by atoms with van der Waals surface area (Å²) in [6.07, 6.45) is -3.18. The fourth-order valence-electron chi connectivity index (χ4n) is 4.57. The molecule has 0 saturated heterocycles. The zero-order chi connectivity index (χ0) is 22.5. The number of nitrogens with zero attached hydrogens (tertiary/aromatic N) is 3. The summed E-state index contributed by atoms with van der Waals surface area (Å²) >= 11 is 0. The van der Waals surface area contributed by atoms with Gasteiger partial charge in [-0.3, -0.25) is 4.79 Å². The molecule has 0 fully saturated rings. The van der Waals surface area contributed by atoms with Gasteiger partial charge in [-0.1, -0.05) is 13.0 Å². The lowest BCUT2D eigenvalue weighted by Gasteiger charge is -2.31. The van der Waals surface area contributed by atoms with Gasteiger partial charge in [0, 0.05) is 19.1 Å². The molecule has 3 aromatic rings. The predicted molar refractivity (Wildman–Crippen MR) is 110 cm³/mol. The van der Waals surface area contributed by atoms with Gasteiger partial charge in [0.2, 0.25) is 0 Å². The maximum Gasteiger partial charge on any atom is 0.416 e. The Hall–Kier alpha value is -2.74. The maximum atomic E-state index is 13.2. The summed E-state index contributed by atoms with van der Waals surface area (Å²) in [6.45, 7) is 6.07. The first-order chi connectivity index (χ1) is 14.6. The molecule has 0 radical (unpaired) electrons. The Balaban J connectivity index is 1.81. The number of hydrogen-bond donors (Lipinski definition) is 0. The first-order valence-corrected chi connectivity index (χ1v) is 10.2. The zero-order valence-electron chi connectivity index (χ0n) is 17.9. The van der Waals surface area contributed by atoms with Gasteiger partial charge in [-0.2, -0.15) is 22.8 Å². The van der Waals surface area contributed by atoms with Crippen molar-refractivity contribution >= 4 is 5.65 Å². The van der Waals surface area contributed by atoms with Gasteiger partial charge < -0.3 is 4.74 Å². The molecule has 0 amide bonds. The summed E-state index contributed by atoms with van der Waals surface area (Å²) in [5.74, 6) is 0.00629. The van der Waals surface area contributed by atoms with Gasteiger partial charge in [-0.15, -0.1) is 0 Å². The molecule has 0 aliphatic heterocycles. The Bertz CT molecular complexity index is 1220. The van der Waals surface area contributed by atoms with E-state index in [9.17, 15) is 18.0 Å². The average Bonchev–Trinajstić information content (AvgIpc) is 2.70. The van der Waals surface area contributed by atoms with E-state index in [1.807, 2.05) is 20.8 Å². The van der Waals surface area contributed by atoms with E-state index in [4.69, 9.17) is 4.74 Å². The van der Waals surface area contributed by atoms with E-state index < -0.39 is 11.7 Å². The lowest BCUT2D eigenvalue weighted by molar-refractivity contribution is -0.137. The lowest BCUT2D eigenvalue weighted by Crippen LogP contribution is -2.25. The van der Waals surface area contributed by atoms with E-state index >= 15 is 0 Å². The molecule has 5 nitrogen and oxygen atoms in total. The van der Waals surface area contributed by atoms with Crippen molar-refractivity contribution in [2.75, 3.05) is 7.11 Å². The second-order valence-corrected chi connectivity index (χ2v) is 8.34. The third-order valence-corrected chi connectivity index (χ3v) is 6.22. The number of methoxy groups -OCH3 is 1. The molecule has 2 atom stereocenters. The standard InChI is InChI=1S/C23H24F3N3O2/c1-12-7-16(8-15-9-17(23(24,25)26)5-6-19(12)15)21-13(2)14(3)22-27-18(11-31-4)10-20(30)29(22)28-21/h5-6,9-10,12,16H,7-8,11H2,1-4H3/t12-,16?/m0/s1. The highest BCUT2D eigenvalue weighted by Gasteiger charge is 2.34. The Morgan fingerprint density at radius 3 is 2.61 bits per heavy atom. The molecule has 1 aliphatic rings. The smallest absolute Gasteiger partial charge is 0.378 e. The third kappa shape index (κ3) is 3.84. The van der Waals surface area contributed by atoms with Crippen LogP contribution in [0.4, 0.5) is 13.2 Å². The van der Waals surface area contributed by atoms with Gasteiger partial charge in [0.15, 0.2) is 5.65 Å². The SMILES string of the molecule is COCc1cc(=O)n2nc(C3Cc4cc(C(F)(F)F)ccc4[C@@H](C)C3)c(C)c(C)c2n1. The fraction of sp³-hybridized carbons (Fsp3) is 0.435. The molecule has 31 heavy (non-hydrogen) atoms. The van der Waals surface area contributed by atoms with Gasteiger partial charge in [-0.05, 0) is 67.0 Å². The Kier molecular flexibility index (Phi) is 5.37. The van der Waals surface area contributed by atoms with Gasteiger partial charge in [0.1, 0.15) is 0 Å². The number of rotatable bonds is 3. The molecule has 8 heteroatoms. The highest BCUT2D eigenvalue weighted by Crippen LogP contribution is 2.42. The number of fused-ring (bicyclic) bond motifs is 2. The fourth-order valence-corrected chi connectivity index (χ4v) is 4.57. The van der Waals surface area contributed by atoms with Gasteiger partial charge in [0.25, 0.3) is 5.56 Å². The Morgan fingerprint density at radius 1 is 1.19 bits per heavy atom. The highest BCUT2D eigenvalue weighted by molar-refractivity contribution is 5.52. The summed E-state index contributed by atoms with van der Waals surface area (Å²) in [5, 5.41) is 4.62. The zero-order valence-corrected chi connectivity index (χ0v) is 17.9. The van der Waals surface area contributed by atoms with Crippen molar-refractivity contribution in [1.29, 1.82) is 0 Å². The van der Waals surface area contributed by atoms with Gasteiger partial charge >= 0.3 is 6.18 Å². The van der Waals surface area contributed by atoms with Crippen LogP contribution in [-0.4, -0.2) is 21.7 Å². The molecule has 0 spiro atoms. The number of hydrogen-bond acceptors (Lipinski definition) is 4. The number of aryl methyl sites for hydroxylation is 1. The van der Waals surface area contributed by atoms with E-state index in [-0.39, 0.29) is 24.0 Å². The van der Waals surface area contributed by atoms with Crippen molar-refractivity contribution in [3.8, 4) is 0 Å². The van der Waals surface area contributed by atoms with Crippen LogP contribution in [-0.2, 0) is 23.9 Å². The van der Waals surface area contributed by atoms with Crippen LogP contribution < -0.4 is 5.56 Å². The molecule has 1 unspecified atom stereocenters. The van der Waals surface area contributed by atoms with Crippen molar-refractivity contribution in [3.05, 3.63) is 73.8 Å². The van der Waals surface area contributed by atoms with E-state index in [0.717, 1.165) is 34.9 Å². The van der Waals surface area contributed by atoms with E-state index in [0.29, 0.717) is 23.3 Å². The minimum absolute atomic E-state index is 0.0837. The normalized spacial score (nSPS) is 18.9. The summed E-state index contributed by atoms with van der Waals surface area (Å²) < 4.78 is 46.1. The van der Waals surface area contributed by atoms with Gasteiger partial charge in [0.05, 0.1) is 23.6 Å². The number of ether oxygens (including phenoxy) is 1. The summed E-state index contributed by atoms with van der Waals surface area (Å²) in [7, 11) is 1.54. The molecular formula is C23H24F3N3O2. The van der Waals surface area contributed by atoms with E-state index in [2.05, 4.69) is 10.1 Å². The number of alkyl halides is 3. The average molecular weight is 431 g/mol. The van der Waals surface area contributed by atoms with Crippen molar-refractivity contribution in [2.24, 2.45) is 0 Å². The second-order valence-electron chi connectivity index (χ2n) is 8.34. The monoisotopic (exact) mass is 431 g/mol. The van der Waals surface area contributed by atoms with Crippen LogP contribution in [0.3, 0.4) is 0 Å². The molecule has 1 aromatic carbocycles. The van der Waals surface area contributed by atoms with Crippen LogP contribution in [0.2, 0.25) is 0 Å². The largest absolute Gasteiger partial charge is 0.416 e. The molecule has 1 aliphatic carbocycles. The Morgan fingerprint density at radius 2 is 1.94 bits per heavy atom. The maximum absolute atomic E-state index is 13.2. The minimum atomic E-state index is -4.38. The molecule has 2 heterocycles. The van der Waals surface area contributed by atoms with Gasteiger partial charge in [-0.25, -0.2) is 4.98 Å². The molecule has 0 saturated carbocycles. The van der Waals surface area contributed by atoms with Crippen LogP contribution in [0.1, 0.15) is 64.4 Å². The van der Waals surface area contributed by atoms with Crippen molar-refractivity contribution in [3.63, 3.8) is 0 Å². The quantitative estimate of drug-likeness (QED) is 0.603. The number of benzene rings is 1. The van der Waals surface area contributed by atoms with Crippen molar-refractivity contribution in [2.45, 2.75) is 58.2 Å². The molecular weight excluding hydrogens is 407 g/mol. The molecule has 2 aromatic heterocycles. The van der Waals surface area contributed by atoms with Crippen LogP contribution in [0.25, 0.3) is 5.65 Å². The third-order valence-electron chi connectivity index (χ3n) is 6.22. The topological polar surface area (TPSA) is 56.5 Å². The first-order valence-electron chi connectivity index (χ1n) is 10.2. The summed E-state index contributed by atoms with van der Waals surface area (Å²) in [5.41, 5.74) is 4.20. The van der Waals surface area contributed by atoms with Crippen molar-refractivity contribution < 1.29 is 17.9 Å². The lowest BCUT2D eigenvalue weighted by atomic mass is 9.75. The second kappa shape index (κ2) is 7.75. The number of halogens is 3. The van der Waals surface area contributed by atoms with Crippen LogP contribution in [0.15, 0.2) is 29.1 Å². The Labute approximate surface area is 177 Å². The van der Waals surface area contributed by atoms with E-state index in [1.165, 1.54) is 23.8 Å². The highest BCUT2D eigenvalue weighted by atomic mass is 19.4. The minimum Gasteiger partial charge on any atom is -0.378 e. The van der Waals surface area contributed by atoms with Crippen LogP contribution in [0.5, 0.6) is 0 Å². The molecule has 0 N–H and O–H groups in total. The molecule has 164 valence electrons. The summed E-state index contributed by atoms with van der Waals surface area (Å²) in [4.78, 5) is 17.2.